The highest BCUT2D eigenvalue weighted by molar-refractivity contribution is 8.00. The molecule has 2 aromatic carbocycles. The Bertz CT molecular complexity index is 720. The molecule has 3 rings (SSSR count). The molecule has 1 atom stereocenters. The van der Waals surface area contributed by atoms with Crippen molar-refractivity contribution in [3.05, 3.63) is 53.8 Å². The molecule has 1 amide bonds. The van der Waals surface area contributed by atoms with E-state index >= 15 is 0 Å². The Kier molecular flexibility index (Phi) is 4.43. The summed E-state index contributed by atoms with van der Waals surface area (Å²) in [6, 6.07) is 11.5. The summed E-state index contributed by atoms with van der Waals surface area (Å²) in [5.74, 6) is 1.24. The highest BCUT2D eigenvalue weighted by atomic mass is 32.2. The number of thioether (sulfide) groups is 1. The zero-order chi connectivity index (χ0) is 16.4. The molecule has 1 saturated heterocycles. The van der Waals surface area contributed by atoms with Gasteiger partial charge in [0.05, 0.1) is 20.0 Å². The number of ether oxygens (including phenoxy) is 2. The first-order valence-corrected chi connectivity index (χ1v) is 8.10. The number of amides is 1. The smallest absolute Gasteiger partial charge is 0.238 e. The van der Waals surface area contributed by atoms with Gasteiger partial charge in [0.2, 0.25) is 5.91 Å². The molecule has 6 heteroatoms. The summed E-state index contributed by atoms with van der Waals surface area (Å²) in [6.07, 6.45) is 0. The lowest BCUT2D eigenvalue weighted by Gasteiger charge is -2.26. The molecule has 4 nitrogen and oxygen atoms in total. The molecule has 0 bridgehead atoms. The largest absolute Gasteiger partial charge is 0.493 e. The van der Waals surface area contributed by atoms with Crippen molar-refractivity contribution in [1.82, 2.24) is 0 Å². The van der Waals surface area contributed by atoms with E-state index in [1.165, 1.54) is 23.9 Å². The number of anilines is 1. The number of benzene rings is 2. The van der Waals surface area contributed by atoms with E-state index in [2.05, 4.69) is 0 Å². The molecule has 0 aliphatic carbocycles. The van der Waals surface area contributed by atoms with Gasteiger partial charge in [0.1, 0.15) is 11.2 Å². The van der Waals surface area contributed by atoms with Gasteiger partial charge in [0.15, 0.2) is 11.5 Å². The topological polar surface area (TPSA) is 38.8 Å². The summed E-state index contributed by atoms with van der Waals surface area (Å²) in [7, 11) is 3.15. The number of para-hydroxylation sites is 1. The van der Waals surface area contributed by atoms with Gasteiger partial charge in [0, 0.05) is 11.3 Å². The average Bonchev–Trinajstić information content (AvgIpc) is 2.96. The van der Waals surface area contributed by atoms with E-state index in [1.54, 1.807) is 31.3 Å². The lowest BCUT2D eigenvalue weighted by atomic mass is 10.1. The van der Waals surface area contributed by atoms with Crippen LogP contribution in [-0.4, -0.2) is 25.9 Å². The van der Waals surface area contributed by atoms with Crippen molar-refractivity contribution < 1.29 is 18.7 Å². The first-order valence-electron chi connectivity index (χ1n) is 7.06. The number of methoxy groups -OCH3 is 2. The minimum atomic E-state index is -0.330. The summed E-state index contributed by atoms with van der Waals surface area (Å²) >= 11 is 1.51. The van der Waals surface area contributed by atoms with Crippen molar-refractivity contribution in [2.45, 2.75) is 5.37 Å². The number of hydrogen-bond acceptors (Lipinski definition) is 4. The van der Waals surface area contributed by atoms with Crippen molar-refractivity contribution >= 4 is 23.4 Å². The molecule has 2 aromatic rings. The molecule has 1 aliphatic heterocycles. The summed E-state index contributed by atoms with van der Waals surface area (Å²) < 4.78 is 24.0. The second-order valence-corrected chi connectivity index (χ2v) is 6.05. The third-order valence-electron chi connectivity index (χ3n) is 3.67. The fourth-order valence-corrected chi connectivity index (χ4v) is 3.83. The number of carbonyl (C=O) groups excluding carboxylic acids is 1. The van der Waals surface area contributed by atoms with Crippen LogP contribution in [0.15, 0.2) is 42.5 Å². The summed E-state index contributed by atoms with van der Waals surface area (Å²) in [5, 5.41) is -0.238. The van der Waals surface area contributed by atoms with Crippen LogP contribution in [0.25, 0.3) is 0 Å². The van der Waals surface area contributed by atoms with Crippen molar-refractivity contribution in [3.63, 3.8) is 0 Å². The maximum absolute atomic E-state index is 13.2. The number of halogens is 1. The number of rotatable bonds is 4. The quantitative estimate of drug-likeness (QED) is 0.857. The number of hydrogen-bond donors (Lipinski definition) is 0. The highest BCUT2D eigenvalue weighted by Gasteiger charge is 2.36. The van der Waals surface area contributed by atoms with Gasteiger partial charge in [-0.25, -0.2) is 4.39 Å². The molecule has 0 aromatic heterocycles. The predicted molar refractivity (Wildman–Crippen MR) is 88.6 cm³/mol. The Balaban J connectivity index is 2.05. The normalized spacial score (nSPS) is 17.4. The van der Waals surface area contributed by atoms with Gasteiger partial charge < -0.3 is 9.47 Å². The van der Waals surface area contributed by atoms with E-state index in [-0.39, 0.29) is 17.1 Å². The van der Waals surface area contributed by atoms with E-state index in [4.69, 9.17) is 9.47 Å². The molecule has 120 valence electrons. The van der Waals surface area contributed by atoms with Crippen molar-refractivity contribution in [1.29, 1.82) is 0 Å². The van der Waals surface area contributed by atoms with Crippen LogP contribution in [0.1, 0.15) is 10.9 Å². The van der Waals surface area contributed by atoms with Gasteiger partial charge in [0.25, 0.3) is 0 Å². The molecule has 0 spiro atoms. The molecule has 1 heterocycles. The van der Waals surface area contributed by atoms with Crippen LogP contribution in [0.2, 0.25) is 0 Å². The maximum Gasteiger partial charge on any atom is 0.238 e. The molecule has 1 fully saturated rings. The molecular weight excluding hydrogens is 317 g/mol. The van der Waals surface area contributed by atoms with Crippen LogP contribution >= 0.6 is 11.8 Å². The molecular formula is C17H16FNO3S. The first-order chi connectivity index (χ1) is 11.2. The second kappa shape index (κ2) is 6.50. The first kappa shape index (κ1) is 15.7. The zero-order valence-electron chi connectivity index (χ0n) is 12.8. The van der Waals surface area contributed by atoms with Crippen LogP contribution in [0, 0.1) is 5.82 Å². The minimum Gasteiger partial charge on any atom is -0.493 e. The van der Waals surface area contributed by atoms with E-state index in [0.717, 1.165) is 5.56 Å². The van der Waals surface area contributed by atoms with Crippen molar-refractivity contribution in [2.24, 2.45) is 0 Å². The zero-order valence-corrected chi connectivity index (χ0v) is 13.6. The molecule has 0 saturated carbocycles. The fourth-order valence-electron chi connectivity index (χ4n) is 2.64. The van der Waals surface area contributed by atoms with Crippen LogP contribution in [0.5, 0.6) is 11.5 Å². The van der Waals surface area contributed by atoms with Gasteiger partial charge in [-0.2, -0.15) is 0 Å². The Morgan fingerprint density at radius 1 is 1.13 bits per heavy atom. The van der Waals surface area contributed by atoms with Gasteiger partial charge in [-0.1, -0.05) is 12.1 Å². The summed E-state index contributed by atoms with van der Waals surface area (Å²) in [6.45, 7) is 0. The third kappa shape index (κ3) is 2.86. The molecule has 0 unspecified atom stereocenters. The Morgan fingerprint density at radius 3 is 2.52 bits per heavy atom. The maximum atomic E-state index is 13.2. The standard InChI is InChI=1S/C17H16FNO3S/c1-21-14-5-3-4-13(16(14)22-2)17-19(15(20)10-23-17)12-8-6-11(18)7-9-12/h3-9,17H,10H2,1-2H3/t17-/m1/s1. The SMILES string of the molecule is COc1cccc([C@H]2SCC(=O)N2c2ccc(F)cc2)c1OC. The van der Waals surface area contributed by atoms with Gasteiger partial charge in [-0.3, -0.25) is 9.69 Å². The second-order valence-electron chi connectivity index (χ2n) is 4.99. The van der Waals surface area contributed by atoms with Crippen molar-refractivity contribution in [2.75, 3.05) is 24.9 Å². The third-order valence-corrected chi connectivity index (χ3v) is 4.87. The molecule has 0 N–H and O–H groups in total. The molecule has 0 radical (unpaired) electrons. The van der Waals surface area contributed by atoms with Crippen molar-refractivity contribution in [3.8, 4) is 11.5 Å². The average molecular weight is 333 g/mol. The summed E-state index contributed by atoms with van der Waals surface area (Å²) in [4.78, 5) is 14.0. The van der Waals surface area contributed by atoms with E-state index < -0.39 is 0 Å². The van der Waals surface area contributed by atoms with Gasteiger partial charge in [-0.15, -0.1) is 11.8 Å². The summed E-state index contributed by atoms with van der Waals surface area (Å²) in [5.41, 5.74) is 1.52. The lowest BCUT2D eigenvalue weighted by molar-refractivity contribution is -0.115. The van der Waals surface area contributed by atoms with Gasteiger partial charge in [-0.05, 0) is 30.3 Å². The molecule has 1 aliphatic rings. The van der Waals surface area contributed by atoms with Gasteiger partial charge >= 0.3 is 0 Å². The predicted octanol–water partition coefficient (Wildman–Crippen LogP) is 3.62. The van der Waals surface area contributed by atoms with E-state index in [9.17, 15) is 9.18 Å². The van der Waals surface area contributed by atoms with Crippen LogP contribution < -0.4 is 14.4 Å². The van der Waals surface area contributed by atoms with Crippen LogP contribution in [0.3, 0.4) is 0 Å². The lowest BCUT2D eigenvalue weighted by Crippen LogP contribution is -2.28. The van der Waals surface area contributed by atoms with E-state index in [1.807, 2.05) is 18.2 Å². The molecule has 23 heavy (non-hydrogen) atoms. The number of carbonyl (C=O) groups is 1. The number of nitrogens with zero attached hydrogens (tertiary/aromatic N) is 1. The Hall–Kier alpha value is -2.21. The Labute approximate surface area is 138 Å². The fraction of sp³-hybridized carbons (Fsp3) is 0.235. The van der Waals surface area contributed by atoms with E-state index in [0.29, 0.717) is 22.9 Å². The van der Waals surface area contributed by atoms with Crippen LogP contribution in [-0.2, 0) is 4.79 Å². The Morgan fingerprint density at radius 2 is 1.87 bits per heavy atom. The monoisotopic (exact) mass is 333 g/mol. The van der Waals surface area contributed by atoms with Crippen LogP contribution in [0.4, 0.5) is 10.1 Å². The minimum absolute atomic E-state index is 0.0171. The highest BCUT2D eigenvalue weighted by Crippen LogP contribution is 2.47.